The van der Waals surface area contributed by atoms with Gasteiger partial charge in [0.15, 0.2) is 0 Å². The average Bonchev–Trinajstić information content (AvgIpc) is 3.01. The van der Waals surface area contributed by atoms with E-state index in [-0.39, 0.29) is 0 Å². The monoisotopic (exact) mass is 278 g/mol. The van der Waals surface area contributed by atoms with Gasteiger partial charge >= 0.3 is 0 Å². The van der Waals surface area contributed by atoms with E-state index in [4.69, 9.17) is 5.73 Å². The van der Waals surface area contributed by atoms with Crippen LogP contribution in [0.3, 0.4) is 0 Å². The molecule has 4 nitrogen and oxygen atoms in total. The number of aryl methyl sites for hydroxylation is 2. The lowest BCUT2D eigenvalue weighted by Crippen LogP contribution is -2.07. The first-order chi connectivity index (χ1) is 10.2. The number of fused-ring (bicyclic) bond motifs is 2. The zero-order valence-electron chi connectivity index (χ0n) is 12.0. The van der Waals surface area contributed by atoms with Gasteiger partial charge in [-0.15, -0.1) is 0 Å². The Morgan fingerprint density at radius 2 is 2.14 bits per heavy atom. The topological polar surface area (TPSA) is 66.7 Å². The molecule has 1 aromatic heterocycles. The van der Waals surface area contributed by atoms with E-state index in [0.717, 1.165) is 41.1 Å². The van der Waals surface area contributed by atoms with Crippen molar-refractivity contribution in [1.29, 1.82) is 0 Å². The molecule has 4 rings (SSSR count). The van der Waals surface area contributed by atoms with Gasteiger partial charge in [0.25, 0.3) is 0 Å². The molecule has 0 saturated carbocycles. The second-order valence-electron chi connectivity index (χ2n) is 5.75. The Morgan fingerprint density at radius 3 is 3.05 bits per heavy atom. The highest BCUT2D eigenvalue weighted by Crippen LogP contribution is 2.35. The normalized spacial score (nSPS) is 17.1. The molecule has 4 heteroatoms. The Labute approximate surface area is 123 Å². The average molecular weight is 278 g/mol. The van der Waals surface area contributed by atoms with Crippen molar-refractivity contribution in [2.45, 2.75) is 25.8 Å². The molecule has 1 aliphatic carbocycles. The van der Waals surface area contributed by atoms with Gasteiger partial charge in [-0.25, -0.2) is 4.98 Å². The number of H-pyrrole nitrogens is 1. The van der Waals surface area contributed by atoms with Gasteiger partial charge in [-0.3, -0.25) is 0 Å². The molecule has 1 aliphatic rings. The number of hydrogen-bond acceptors (Lipinski definition) is 3. The summed E-state index contributed by atoms with van der Waals surface area (Å²) >= 11 is 0. The minimum Gasteiger partial charge on any atom is -0.399 e. The van der Waals surface area contributed by atoms with Crippen LogP contribution in [0, 0.1) is 6.92 Å². The molecule has 21 heavy (non-hydrogen) atoms. The molecule has 0 radical (unpaired) electrons. The number of aromatic amines is 1. The van der Waals surface area contributed by atoms with Gasteiger partial charge in [-0.05, 0) is 61.2 Å². The first-order valence-electron chi connectivity index (χ1n) is 7.30. The largest absolute Gasteiger partial charge is 0.399 e. The van der Waals surface area contributed by atoms with Gasteiger partial charge in [-0.1, -0.05) is 6.07 Å². The highest BCUT2D eigenvalue weighted by molar-refractivity contribution is 5.79. The fraction of sp³-hybridized carbons (Fsp3) is 0.235. The van der Waals surface area contributed by atoms with E-state index in [2.05, 4.69) is 45.6 Å². The minimum absolute atomic E-state index is 0.363. The lowest BCUT2D eigenvalue weighted by atomic mass is 10.1. The number of rotatable bonds is 2. The first-order valence-corrected chi connectivity index (χ1v) is 7.30. The van der Waals surface area contributed by atoms with Gasteiger partial charge in [0, 0.05) is 11.4 Å². The van der Waals surface area contributed by atoms with E-state index in [9.17, 15) is 0 Å². The number of hydrogen-bond donors (Lipinski definition) is 3. The quantitative estimate of drug-likeness (QED) is 0.628. The maximum absolute atomic E-state index is 5.86. The number of nitrogens with two attached hydrogens (primary N) is 1. The SMILES string of the molecule is Cc1nc2ccc(NC3CCc4cc(N)ccc43)cc2[nH]1. The molecule has 3 aromatic rings. The molecule has 0 bridgehead atoms. The maximum atomic E-state index is 5.86. The zero-order valence-corrected chi connectivity index (χ0v) is 12.0. The summed E-state index contributed by atoms with van der Waals surface area (Å²) in [6.45, 7) is 1.98. The van der Waals surface area contributed by atoms with Crippen LogP contribution in [0.4, 0.5) is 11.4 Å². The van der Waals surface area contributed by atoms with E-state index < -0.39 is 0 Å². The Kier molecular flexibility index (Phi) is 2.64. The van der Waals surface area contributed by atoms with Gasteiger partial charge in [-0.2, -0.15) is 0 Å². The highest BCUT2D eigenvalue weighted by Gasteiger charge is 2.22. The Morgan fingerprint density at radius 1 is 1.24 bits per heavy atom. The van der Waals surface area contributed by atoms with Gasteiger partial charge in [0.05, 0.1) is 17.1 Å². The maximum Gasteiger partial charge on any atom is 0.104 e. The molecule has 0 aliphatic heterocycles. The van der Waals surface area contributed by atoms with Crippen LogP contribution in [-0.4, -0.2) is 9.97 Å². The number of benzene rings is 2. The zero-order chi connectivity index (χ0) is 14.4. The second-order valence-corrected chi connectivity index (χ2v) is 5.75. The molecule has 0 spiro atoms. The van der Waals surface area contributed by atoms with E-state index in [1.807, 2.05) is 13.0 Å². The third kappa shape index (κ3) is 2.13. The smallest absolute Gasteiger partial charge is 0.104 e. The molecule has 106 valence electrons. The number of nitrogen functional groups attached to an aromatic ring is 1. The summed E-state index contributed by atoms with van der Waals surface area (Å²) in [7, 11) is 0. The molecule has 0 fully saturated rings. The van der Waals surface area contributed by atoms with Crippen molar-refractivity contribution in [1.82, 2.24) is 9.97 Å². The summed E-state index contributed by atoms with van der Waals surface area (Å²) in [4.78, 5) is 7.72. The fourth-order valence-electron chi connectivity index (χ4n) is 3.22. The van der Waals surface area contributed by atoms with E-state index >= 15 is 0 Å². The van der Waals surface area contributed by atoms with Crippen molar-refractivity contribution in [3.8, 4) is 0 Å². The Hall–Kier alpha value is -2.49. The molecule has 2 aromatic carbocycles. The van der Waals surface area contributed by atoms with Crippen molar-refractivity contribution in [2.75, 3.05) is 11.1 Å². The van der Waals surface area contributed by atoms with E-state index in [1.165, 1.54) is 11.1 Å². The Bertz CT molecular complexity index is 819. The van der Waals surface area contributed by atoms with Crippen molar-refractivity contribution in [2.24, 2.45) is 0 Å². The lowest BCUT2D eigenvalue weighted by molar-refractivity contribution is 0.762. The third-order valence-corrected chi connectivity index (χ3v) is 4.19. The lowest BCUT2D eigenvalue weighted by Gasteiger charge is -2.15. The van der Waals surface area contributed by atoms with Crippen LogP contribution in [0.5, 0.6) is 0 Å². The molecular formula is C17H18N4. The van der Waals surface area contributed by atoms with Crippen LogP contribution >= 0.6 is 0 Å². The van der Waals surface area contributed by atoms with E-state index in [1.54, 1.807) is 0 Å². The predicted octanol–water partition coefficient (Wildman–Crippen LogP) is 3.55. The van der Waals surface area contributed by atoms with E-state index in [0.29, 0.717) is 6.04 Å². The Balaban J connectivity index is 1.64. The van der Waals surface area contributed by atoms with Crippen molar-refractivity contribution >= 4 is 22.4 Å². The predicted molar refractivity (Wildman–Crippen MR) is 86.4 cm³/mol. The summed E-state index contributed by atoms with van der Waals surface area (Å²) in [5, 5.41) is 3.63. The van der Waals surface area contributed by atoms with Crippen LogP contribution in [0.25, 0.3) is 11.0 Å². The van der Waals surface area contributed by atoms with Crippen LogP contribution in [0.1, 0.15) is 29.4 Å². The fourth-order valence-corrected chi connectivity index (χ4v) is 3.22. The van der Waals surface area contributed by atoms with Crippen LogP contribution in [0.2, 0.25) is 0 Å². The number of nitrogens with zero attached hydrogens (tertiary/aromatic N) is 1. The molecule has 0 saturated heterocycles. The number of imidazole rings is 1. The summed E-state index contributed by atoms with van der Waals surface area (Å²) in [6, 6.07) is 12.9. The van der Waals surface area contributed by atoms with Crippen LogP contribution in [-0.2, 0) is 6.42 Å². The van der Waals surface area contributed by atoms with Crippen molar-refractivity contribution in [3.05, 3.63) is 53.3 Å². The molecule has 0 amide bonds. The molecule has 4 N–H and O–H groups in total. The van der Waals surface area contributed by atoms with Gasteiger partial charge in [0.1, 0.15) is 5.82 Å². The number of nitrogens with one attached hydrogen (secondary N) is 2. The van der Waals surface area contributed by atoms with Gasteiger partial charge < -0.3 is 16.0 Å². The van der Waals surface area contributed by atoms with Crippen molar-refractivity contribution < 1.29 is 0 Å². The first kappa shape index (κ1) is 12.3. The standard InChI is InChI=1S/C17H18N4/c1-10-19-16-7-4-13(9-17(16)20-10)21-15-6-2-11-8-12(18)3-5-14(11)15/h3-5,7-9,15,21H,2,6,18H2,1H3,(H,19,20). The molecule has 1 atom stereocenters. The summed E-state index contributed by atoms with van der Waals surface area (Å²) < 4.78 is 0. The number of aromatic nitrogens is 2. The second kappa shape index (κ2) is 4.52. The van der Waals surface area contributed by atoms with Gasteiger partial charge in [0.2, 0.25) is 0 Å². The molecular weight excluding hydrogens is 260 g/mol. The summed E-state index contributed by atoms with van der Waals surface area (Å²) in [5.74, 6) is 0.948. The molecule has 1 heterocycles. The summed E-state index contributed by atoms with van der Waals surface area (Å²) in [5.41, 5.74) is 12.7. The third-order valence-electron chi connectivity index (χ3n) is 4.19. The highest BCUT2D eigenvalue weighted by atomic mass is 14.9. The van der Waals surface area contributed by atoms with Crippen LogP contribution in [0.15, 0.2) is 36.4 Å². The van der Waals surface area contributed by atoms with Crippen LogP contribution < -0.4 is 11.1 Å². The number of anilines is 2. The van der Waals surface area contributed by atoms with Crippen molar-refractivity contribution in [3.63, 3.8) is 0 Å². The minimum atomic E-state index is 0.363. The summed E-state index contributed by atoms with van der Waals surface area (Å²) in [6.07, 6.45) is 2.20. The molecule has 1 unspecified atom stereocenters.